The van der Waals surface area contributed by atoms with Gasteiger partial charge in [0, 0.05) is 0 Å². The molecule has 1 amide bonds. The van der Waals surface area contributed by atoms with Crippen molar-refractivity contribution in [2.45, 2.75) is 0 Å². The summed E-state index contributed by atoms with van der Waals surface area (Å²) in [6.07, 6.45) is 0.455. The van der Waals surface area contributed by atoms with Gasteiger partial charge in [-0.2, -0.15) is 0 Å². The number of hydrogen-bond acceptors (Lipinski definition) is 3. The molecule has 10 heteroatoms. The Bertz CT molecular complexity index is 1060. The molecule has 0 bridgehead atoms. The van der Waals surface area contributed by atoms with Gasteiger partial charge in [-0.25, -0.2) is 0 Å². The van der Waals surface area contributed by atoms with Crippen molar-refractivity contribution in [3.8, 4) is 0 Å². The fourth-order valence-corrected chi connectivity index (χ4v) is 9.18. The summed E-state index contributed by atoms with van der Waals surface area (Å²) in [5.41, 5.74) is 0. The molecule has 0 spiro atoms. The molecule has 0 aliphatic heterocycles. The van der Waals surface area contributed by atoms with Gasteiger partial charge in [-0.1, -0.05) is 0 Å². The molecule has 3 aromatic carbocycles. The number of rotatable bonds is 8. The van der Waals surface area contributed by atoms with Gasteiger partial charge in [0.2, 0.25) is 0 Å². The summed E-state index contributed by atoms with van der Waals surface area (Å²) >= 11 is 0. The minimum atomic E-state index is -4.63. The van der Waals surface area contributed by atoms with Crippen LogP contribution in [0.3, 0.4) is 0 Å². The predicted molar refractivity (Wildman–Crippen MR) is 140 cm³/mol. The molecule has 3 rings (SSSR count). The molecule has 0 radical (unpaired) electrons. The van der Waals surface area contributed by atoms with Gasteiger partial charge in [0.05, 0.1) is 0 Å². The molecule has 0 aromatic heterocycles. The average molecular weight is 500 g/mol. The molecule has 34 heavy (non-hydrogen) atoms. The van der Waals surface area contributed by atoms with Crippen LogP contribution in [-0.2, 0) is 9.36 Å². The summed E-state index contributed by atoms with van der Waals surface area (Å²) in [5.74, 6) is -0.785. The number of carbonyl (C=O) groups excluding carboxylic acids is 1. The maximum absolute atomic E-state index is 13.2. The standard InChI is InChI=1S/C24H30N4O4P2/c1-27(24(25)26-34(30,31)32)18-23(29)28(2)19-33(20-12-6-3-7-13-20,21-14-8-4-9-15-21)22-16-10-5-11-17-22/h3-17,33H,18-19H2,1-2H3,(H4,25,26,30,31,32). The Kier molecular flexibility index (Phi) is 8.24. The van der Waals surface area contributed by atoms with E-state index in [1.54, 1.807) is 17.0 Å². The van der Waals surface area contributed by atoms with Crippen LogP contribution in [0.1, 0.15) is 0 Å². The number of nitrogens with zero attached hydrogens (tertiary/aromatic N) is 2. The van der Waals surface area contributed by atoms with Crippen molar-refractivity contribution in [1.29, 1.82) is 5.41 Å². The molecule has 8 nitrogen and oxygen atoms in total. The molecule has 0 aliphatic carbocycles. The third-order valence-electron chi connectivity index (χ3n) is 5.71. The summed E-state index contributed by atoms with van der Waals surface area (Å²) in [5, 5.41) is 13.1. The molecule has 0 unspecified atom stereocenters. The topological polar surface area (TPSA) is 117 Å². The first-order valence-electron chi connectivity index (χ1n) is 10.7. The zero-order chi connectivity index (χ0) is 24.8. The van der Waals surface area contributed by atoms with Gasteiger partial charge in [-0.3, -0.25) is 0 Å². The van der Waals surface area contributed by atoms with E-state index in [2.05, 4.69) is 36.4 Å². The normalized spacial score (nSPS) is 12.0. The predicted octanol–water partition coefficient (Wildman–Crippen LogP) is 1.68. The van der Waals surface area contributed by atoms with E-state index in [1.165, 1.54) is 11.9 Å². The van der Waals surface area contributed by atoms with Gasteiger partial charge < -0.3 is 0 Å². The van der Waals surface area contributed by atoms with Crippen molar-refractivity contribution >= 4 is 42.8 Å². The van der Waals surface area contributed by atoms with Gasteiger partial charge in [-0.15, -0.1) is 0 Å². The van der Waals surface area contributed by atoms with E-state index in [9.17, 15) is 9.36 Å². The zero-order valence-corrected chi connectivity index (χ0v) is 21.0. The van der Waals surface area contributed by atoms with Gasteiger partial charge in [0.1, 0.15) is 0 Å². The fourth-order valence-electron chi connectivity index (χ4n) is 4.01. The fraction of sp³-hybridized carbons (Fsp3) is 0.167. The Morgan fingerprint density at radius 1 is 0.824 bits per heavy atom. The van der Waals surface area contributed by atoms with E-state index in [4.69, 9.17) is 15.2 Å². The van der Waals surface area contributed by atoms with Crippen LogP contribution in [0.2, 0.25) is 0 Å². The van der Waals surface area contributed by atoms with E-state index in [0.29, 0.717) is 6.29 Å². The second kappa shape index (κ2) is 10.9. The molecule has 0 heterocycles. The summed E-state index contributed by atoms with van der Waals surface area (Å²) in [7, 11) is -4.14. The van der Waals surface area contributed by atoms with E-state index >= 15 is 0 Å². The van der Waals surface area contributed by atoms with Crippen LogP contribution in [0, 0.1) is 5.41 Å². The molecular weight excluding hydrogens is 470 g/mol. The van der Waals surface area contributed by atoms with Crippen LogP contribution in [0.25, 0.3) is 0 Å². The SMILES string of the molecule is CN(CC(=O)N(C)C[PH](c1ccccc1)(c1ccccc1)c1ccccc1)C(=N)NP(=O)(O)O. The number of guanidine groups is 1. The number of carbonyl (C=O) groups is 1. The summed E-state index contributed by atoms with van der Waals surface area (Å²) in [6, 6.07) is 30.6. The Hall–Kier alpha value is -3.02. The molecule has 4 N–H and O–H groups in total. The molecule has 0 saturated heterocycles. The first kappa shape index (κ1) is 25.6. The van der Waals surface area contributed by atoms with Crippen LogP contribution in [0.4, 0.5) is 0 Å². The number of nitrogens with one attached hydrogen (secondary N) is 2. The van der Waals surface area contributed by atoms with Crippen LogP contribution < -0.4 is 21.0 Å². The first-order chi connectivity index (χ1) is 16.1. The molecule has 180 valence electrons. The van der Waals surface area contributed by atoms with Crippen molar-refractivity contribution < 1.29 is 19.1 Å². The van der Waals surface area contributed by atoms with Gasteiger partial charge in [0.25, 0.3) is 0 Å². The van der Waals surface area contributed by atoms with E-state index in [-0.39, 0.29) is 12.5 Å². The molecule has 0 fully saturated rings. The number of benzene rings is 3. The van der Waals surface area contributed by atoms with Gasteiger partial charge in [0.15, 0.2) is 0 Å². The Morgan fingerprint density at radius 3 is 1.56 bits per heavy atom. The molecule has 0 saturated carbocycles. The second-order valence-corrected chi connectivity index (χ2v) is 13.3. The van der Waals surface area contributed by atoms with Crippen molar-refractivity contribution in [2.24, 2.45) is 0 Å². The molecule has 3 aromatic rings. The third kappa shape index (κ3) is 6.10. The van der Waals surface area contributed by atoms with Crippen LogP contribution in [0.5, 0.6) is 0 Å². The number of hydrogen-bond donors (Lipinski definition) is 4. The second-order valence-electron chi connectivity index (χ2n) is 8.11. The number of likely N-dealkylation sites (N-methyl/N-ethyl adjacent to an activating group) is 2. The average Bonchev–Trinajstić information content (AvgIpc) is 2.83. The Labute approximate surface area is 200 Å². The van der Waals surface area contributed by atoms with Crippen LogP contribution >= 0.6 is 15.0 Å². The monoisotopic (exact) mass is 500 g/mol. The van der Waals surface area contributed by atoms with Crippen molar-refractivity contribution in [3.05, 3.63) is 91.0 Å². The molecule has 0 aliphatic rings. The van der Waals surface area contributed by atoms with E-state index in [0.717, 1.165) is 15.9 Å². The Balaban J connectivity index is 1.99. The maximum atomic E-state index is 13.2. The summed E-state index contributed by atoms with van der Waals surface area (Å²) < 4.78 is 11.2. The summed E-state index contributed by atoms with van der Waals surface area (Å²) in [4.78, 5) is 34.1. The minimum absolute atomic E-state index is 0.203. The van der Waals surface area contributed by atoms with Crippen molar-refractivity contribution in [3.63, 3.8) is 0 Å². The van der Waals surface area contributed by atoms with Crippen molar-refractivity contribution in [1.82, 2.24) is 14.9 Å². The summed E-state index contributed by atoms with van der Waals surface area (Å²) in [6.45, 7) is -0.203. The van der Waals surface area contributed by atoms with Crippen LogP contribution in [0.15, 0.2) is 91.0 Å². The zero-order valence-electron chi connectivity index (χ0n) is 19.1. The van der Waals surface area contributed by atoms with Gasteiger partial charge >= 0.3 is 200 Å². The van der Waals surface area contributed by atoms with E-state index < -0.39 is 21.0 Å². The first-order valence-corrected chi connectivity index (χ1v) is 14.5. The third-order valence-corrected chi connectivity index (χ3v) is 11.1. The van der Waals surface area contributed by atoms with Gasteiger partial charge in [-0.05, 0) is 0 Å². The van der Waals surface area contributed by atoms with Crippen LogP contribution in [-0.4, -0.2) is 58.4 Å². The quantitative estimate of drug-likeness (QED) is 0.213. The van der Waals surface area contributed by atoms with Crippen molar-refractivity contribution in [2.75, 3.05) is 26.9 Å². The Morgan fingerprint density at radius 2 is 1.21 bits per heavy atom. The number of amides is 1. The molecule has 0 atom stereocenters. The molecular formula is C24H30N4O4P2. The van der Waals surface area contributed by atoms with E-state index in [1.807, 2.05) is 54.6 Å².